The molecule has 3 nitrogen and oxygen atoms in total. The van der Waals surface area contributed by atoms with E-state index in [0.717, 1.165) is 11.3 Å². The highest BCUT2D eigenvalue weighted by molar-refractivity contribution is 6.31. The van der Waals surface area contributed by atoms with E-state index in [9.17, 15) is 0 Å². The van der Waals surface area contributed by atoms with Crippen LogP contribution in [0, 0.1) is 0 Å². The zero-order valence-electron chi connectivity index (χ0n) is 8.16. The highest BCUT2D eigenvalue weighted by atomic mass is 35.5. The van der Waals surface area contributed by atoms with Crippen LogP contribution in [0.5, 0.6) is 0 Å². The lowest BCUT2D eigenvalue weighted by Crippen LogP contribution is -1.95. The Labute approximate surface area is 87.5 Å². The van der Waals surface area contributed by atoms with Crippen LogP contribution in [0.2, 0.25) is 5.02 Å². The lowest BCUT2D eigenvalue weighted by atomic mass is 10.2. The SMILES string of the molecule is CC(C)c1nc(N)c2cc(Cl)ccn12. The smallest absolute Gasteiger partial charge is 0.149 e. The number of nitrogens with two attached hydrogens (primary N) is 1. The monoisotopic (exact) mass is 209 g/mol. The molecule has 0 radical (unpaired) electrons. The van der Waals surface area contributed by atoms with Crippen LogP contribution in [0.3, 0.4) is 0 Å². The average molecular weight is 210 g/mol. The van der Waals surface area contributed by atoms with E-state index in [1.165, 1.54) is 0 Å². The highest BCUT2D eigenvalue weighted by Gasteiger charge is 2.11. The molecule has 0 unspecified atom stereocenters. The van der Waals surface area contributed by atoms with Crippen LogP contribution in [0.4, 0.5) is 5.82 Å². The van der Waals surface area contributed by atoms with Crippen LogP contribution in [0.25, 0.3) is 5.52 Å². The second-order valence-electron chi connectivity index (χ2n) is 3.61. The maximum Gasteiger partial charge on any atom is 0.149 e. The van der Waals surface area contributed by atoms with Crippen LogP contribution < -0.4 is 5.73 Å². The van der Waals surface area contributed by atoms with Gasteiger partial charge in [-0.2, -0.15) is 0 Å². The number of aromatic nitrogens is 2. The summed E-state index contributed by atoms with van der Waals surface area (Å²) in [5.41, 5.74) is 6.67. The molecule has 2 rings (SSSR count). The third kappa shape index (κ3) is 1.34. The minimum Gasteiger partial charge on any atom is -0.382 e. The molecule has 0 fully saturated rings. The van der Waals surface area contributed by atoms with Gasteiger partial charge in [0.05, 0.1) is 5.52 Å². The molecule has 0 aliphatic carbocycles. The third-order valence-corrected chi connectivity index (χ3v) is 2.41. The fourth-order valence-electron chi connectivity index (χ4n) is 1.51. The van der Waals surface area contributed by atoms with Crippen LogP contribution in [0.15, 0.2) is 18.3 Å². The number of rotatable bonds is 1. The molecule has 74 valence electrons. The van der Waals surface area contributed by atoms with E-state index in [0.29, 0.717) is 16.8 Å². The molecule has 2 aromatic heterocycles. The van der Waals surface area contributed by atoms with Crippen molar-refractivity contribution < 1.29 is 0 Å². The zero-order valence-corrected chi connectivity index (χ0v) is 8.92. The Kier molecular flexibility index (Phi) is 2.11. The van der Waals surface area contributed by atoms with Gasteiger partial charge < -0.3 is 10.1 Å². The summed E-state index contributed by atoms with van der Waals surface area (Å²) in [5.74, 6) is 1.85. The Morgan fingerprint density at radius 1 is 1.50 bits per heavy atom. The Morgan fingerprint density at radius 3 is 2.86 bits per heavy atom. The predicted molar refractivity (Wildman–Crippen MR) is 58.7 cm³/mol. The van der Waals surface area contributed by atoms with Crippen LogP contribution in [-0.4, -0.2) is 9.38 Å². The van der Waals surface area contributed by atoms with Gasteiger partial charge in [0.1, 0.15) is 11.6 Å². The van der Waals surface area contributed by atoms with Crippen LogP contribution in [0.1, 0.15) is 25.6 Å². The van der Waals surface area contributed by atoms with E-state index in [2.05, 4.69) is 18.8 Å². The molecule has 0 spiro atoms. The lowest BCUT2D eigenvalue weighted by Gasteiger charge is -2.03. The number of pyridine rings is 1. The molecular weight excluding hydrogens is 198 g/mol. The molecule has 0 saturated heterocycles. The molecular formula is C10H12ClN3. The van der Waals surface area contributed by atoms with Crippen LogP contribution in [-0.2, 0) is 0 Å². The van der Waals surface area contributed by atoms with Crippen molar-refractivity contribution in [1.29, 1.82) is 0 Å². The molecule has 0 bridgehead atoms. The standard InChI is InChI=1S/C10H12ClN3/c1-6(2)10-13-9(12)8-5-7(11)3-4-14(8)10/h3-6H,12H2,1-2H3. The summed E-state index contributed by atoms with van der Waals surface area (Å²) in [6.07, 6.45) is 1.90. The summed E-state index contributed by atoms with van der Waals surface area (Å²) in [6, 6.07) is 3.66. The first-order valence-corrected chi connectivity index (χ1v) is 4.90. The normalized spacial score (nSPS) is 11.4. The fourth-order valence-corrected chi connectivity index (χ4v) is 1.67. The molecule has 2 N–H and O–H groups in total. The average Bonchev–Trinajstić information content (AvgIpc) is 2.44. The summed E-state index contributed by atoms with van der Waals surface area (Å²) in [7, 11) is 0. The Bertz CT molecular complexity index is 473. The summed E-state index contributed by atoms with van der Waals surface area (Å²) < 4.78 is 1.98. The van der Waals surface area contributed by atoms with Gasteiger partial charge in [0.25, 0.3) is 0 Å². The van der Waals surface area contributed by atoms with Crippen molar-refractivity contribution in [2.45, 2.75) is 19.8 Å². The summed E-state index contributed by atoms with van der Waals surface area (Å²) >= 11 is 5.88. The first kappa shape index (κ1) is 9.34. The van der Waals surface area contributed by atoms with Gasteiger partial charge in [0.15, 0.2) is 0 Å². The molecule has 0 aromatic carbocycles. The fraction of sp³-hybridized carbons (Fsp3) is 0.300. The number of fused-ring (bicyclic) bond motifs is 1. The number of hydrogen-bond donors (Lipinski definition) is 1. The van der Waals surface area contributed by atoms with E-state index < -0.39 is 0 Å². The molecule has 2 aromatic rings. The lowest BCUT2D eigenvalue weighted by molar-refractivity contribution is 0.771. The number of nitrogens with zero attached hydrogens (tertiary/aromatic N) is 2. The van der Waals surface area contributed by atoms with Crippen molar-refractivity contribution in [3.8, 4) is 0 Å². The second kappa shape index (κ2) is 3.17. The maximum atomic E-state index is 5.88. The van der Waals surface area contributed by atoms with Gasteiger partial charge in [-0.05, 0) is 12.1 Å². The van der Waals surface area contributed by atoms with Gasteiger partial charge in [-0.25, -0.2) is 4.98 Å². The number of hydrogen-bond acceptors (Lipinski definition) is 2. The topological polar surface area (TPSA) is 43.3 Å². The third-order valence-electron chi connectivity index (χ3n) is 2.18. The molecule has 14 heavy (non-hydrogen) atoms. The predicted octanol–water partition coefficient (Wildman–Crippen LogP) is 2.69. The minimum absolute atomic E-state index is 0.348. The minimum atomic E-state index is 0.348. The molecule has 0 amide bonds. The van der Waals surface area contributed by atoms with Gasteiger partial charge in [-0.15, -0.1) is 0 Å². The second-order valence-corrected chi connectivity index (χ2v) is 4.05. The van der Waals surface area contributed by atoms with Crippen molar-refractivity contribution in [3.05, 3.63) is 29.2 Å². The number of nitrogen functional groups attached to an aromatic ring is 1. The molecule has 0 saturated carbocycles. The first-order chi connectivity index (χ1) is 6.59. The van der Waals surface area contributed by atoms with Crippen molar-refractivity contribution >= 4 is 22.9 Å². The van der Waals surface area contributed by atoms with Gasteiger partial charge >= 0.3 is 0 Å². The summed E-state index contributed by atoms with van der Waals surface area (Å²) in [6.45, 7) is 4.17. The number of halogens is 1. The quantitative estimate of drug-likeness (QED) is 0.785. The van der Waals surface area contributed by atoms with E-state index in [1.54, 1.807) is 0 Å². The van der Waals surface area contributed by atoms with E-state index in [1.807, 2.05) is 22.7 Å². The van der Waals surface area contributed by atoms with Crippen molar-refractivity contribution in [3.63, 3.8) is 0 Å². The molecule has 0 aliphatic heterocycles. The Morgan fingerprint density at radius 2 is 2.21 bits per heavy atom. The number of anilines is 1. The van der Waals surface area contributed by atoms with Crippen molar-refractivity contribution in [2.24, 2.45) is 0 Å². The maximum absolute atomic E-state index is 5.88. The van der Waals surface area contributed by atoms with Gasteiger partial charge in [-0.3, -0.25) is 0 Å². The van der Waals surface area contributed by atoms with E-state index >= 15 is 0 Å². The van der Waals surface area contributed by atoms with Gasteiger partial charge in [0.2, 0.25) is 0 Å². The number of imidazole rings is 1. The molecule has 0 aliphatic rings. The first-order valence-electron chi connectivity index (χ1n) is 4.52. The van der Waals surface area contributed by atoms with Crippen LogP contribution >= 0.6 is 11.6 Å². The largest absolute Gasteiger partial charge is 0.382 e. The Hall–Kier alpha value is -1.22. The highest BCUT2D eigenvalue weighted by Crippen LogP contribution is 2.23. The summed E-state index contributed by atoms with van der Waals surface area (Å²) in [4.78, 5) is 4.31. The zero-order chi connectivity index (χ0) is 10.3. The van der Waals surface area contributed by atoms with Crippen molar-refractivity contribution in [2.75, 3.05) is 5.73 Å². The molecule has 4 heteroatoms. The molecule has 0 atom stereocenters. The Balaban J connectivity index is 2.77. The molecule has 2 heterocycles. The summed E-state index contributed by atoms with van der Waals surface area (Å²) in [5, 5.41) is 0.680. The van der Waals surface area contributed by atoms with E-state index in [-0.39, 0.29) is 0 Å². The van der Waals surface area contributed by atoms with Gasteiger partial charge in [-0.1, -0.05) is 25.4 Å². The van der Waals surface area contributed by atoms with Crippen molar-refractivity contribution in [1.82, 2.24) is 9.38 Å². The van der Waals surface area contributed by atoms with E-state index in [4.69, 9.17) is 17.3 Å². The van der Waals surface area contributed by atoms with Gasteiger partial charge in [0, 0.05) is 17.1 Å².